The highest BCUT2D eigenvalue weighted by atomic mass is 16.4. The van der Waals surface area contributed by atoms with Gasteiger partial charge in [-0.15, -0.1) is 0 Å². The summed E-state index contributed by atoms with van der Waals surface area (Å²) >= 11 is 0. The van der Waals surface area contributed by atoms with Gasteiger partial charge in [-0.1, -0.05) is 44.2 Å². The summed E-state index contributed by atoms with van der Waals surface area (Å²) in [6.07, 6.45) is 0.728. The lowest BCUT2D eigenvalue weighted by molar-refractivity contribution is 0.310. The van der Waals surface area contributed by atoms with Crippen LogP contribution in [0.2, 0.25) is 0 Å². The number of hydrogen-bond donors (Lipinski definition) is 1. The molecule has 0 aliphatic heterocycles. The van der Waals surface area contributed by atoms with E-state index in [-0.39, 0.29) is 6.04 Å². The molecule has 0 fully saturated rings. The first kappa shape index (κ1) is 17.0. The predicted molar refractivity (Wildman–Crippen MR) is 91.1 cm³/mol. The van der Waals surface area contributed by atoms with Gasteiger partial charge in [-0.05, 0) is 25.6 Å². The van der Waals surface area contributed by atoms with E-state index in [1.807, 2.05) is 32.3 Å². The van der Waals surface area contributed by atoms with Crippen molar-refractivity contribution in [3.63, 3.8) is 0 Å². The Hall–Kier alpha value is -2.32. The molecular weight excluding hydrogens is 288 g/mol. The number of nitrogens with one attached hydrogen (secondary N) is 1. The molecule has 5 heteroatoms. The van der Waals surface area contributed by atoms with Gasteiger partial charge in [-0.3, -0.25) is 0 Å². The average molecular weight is 312 g/mol. The van der Waals surface area contributed by atoms with E-state index >= 15 is 0 Å². The van der Waals surface area contributed by atoms with Crippen LogP contribution in [0.1, 0.15) is 37.0 Å². The zero-order valence-electron chi connectivity index (χ0n) is 14.2. The highest BCUT2D eigenvalue weighted by Crippen LogP contribution is 2.22. The van der Waals surface area contributed by atoms with Gasteiger partial charge in [-0.2, -0.15) is 5.26 Å². The lowest BCUT2D eigenvalue weighted by atomic mass is 10.1. The van der Waals surface area contributed by atoms with Crippen LogP contribution in [0, 0.1) is 17.2 Å². The minimum atomic E-state index is 0.182. The number of anilines is 1. The summed E-state index contributed by atoms with van der Waals surface area (Å²) in [5, 5.41) is 12.5. The maximum absolute atomic E-state index is 9.23. The van der Waals surface area contributed by atoms with Gasteiger partial charge in [0.2, 0.25) is 11.6 Å². The first-order valence-electron chi connectivity index (χ1n) is 7.86. The molecule has 0 aliphatic rings. The van der Waals surface area contributed by atoms with Crippen molar-refractivity contribution in [1.29, 1.82) is 5.26 Å². The maximum atomic E-state index is 9.23. The van der Waals surface area contributed by atoms with E-state index in [1.165, 1.54) is 5.56 Å². The lowest BCUT2D eigenvalue weighted by Crippen LogP contribution is -2.26. The van der Waals surface area contributed by atoms with Crippen LogP contribution in [0.15, 0.2) is 34.7 Å². The summed E-state index contributed by atoms with van der Waals surface area (Å²) in [6.45, 7) is 4.84. The quantitative estimate of drug-likeness (QED) is 0.848. The minimum Gasteiger partial charge on any atom is -0.424 e. The third-order valence-electron chi connectivity index (χ3n) is 3.62. The average Bonchev–Trinajstić information content (AvgIpc) is 2.89. The van der Waals surface area contributed by atoms with Crippen LogP contribution in [0.25, 0.3) is 0 Å². The van der Waals surface area contributed by atoms with Gasteiger partial charge in [0.05, 0.1) is 6.04 Å². The third-order valence-corrected chi connectivity index (χ3v) is 3.62. The van der Waals surface area contributed by atoms with Crippen LogP contribution in [0.3, 0.4) is 0 Å². The predicted octanol–water partition coefficient (Wildman–Crippen LogP) is 3.46. The zero-order chi connectivity index (χ0) is 16.8. The topological polar surface area (TPSA) is 65.1 Å². The van der Waals surface area contributed by atoms with Gasteiger partial charge < -0.3 is 14.6 Å². The van der Waals surface area contributed by atoms with E-state index < -0.39 is 0 Å². The second-order valence-electron chi connectivity index (χ2n) is 6.27. The molecule has 0 amide bonds. The molecule has 122 valence electrons. The fraction of sp³-hybridized carbons (Fsp3) is 0.444. The van der Waals surface area contributed by atoms with Crippen molar-refractivity contribution in [2.45, 2.75) is 26.3 Å². The fourth-order valence-corrected chi connectivity index (χ4v) is 2.46. The van der Waals surface area contributed by atoms with E-state index in [0.717, 1.165) is 6.42 Å². The molecular formula is C18H24N4O. The normalized spacial score (nSPS) is 12.4. The first-order valence-corrected chi connectivity index (χ1v) is 7.86. The van der Waals surface area contributed by atoms with Crippen LogP contribution in [0.5, 0.6) is 0 Å². The van der Waals surface area contributed by atoms with Gasteiger partial charge in [0.25, 0.3) is 0 Å². The Balaban J connectivity index is 2.12. The lowest BCUT2D eigenvalue weighted by Gasteiger charge is -2.24. The van der Waals surface area contributed by atoms with Crippen LogP contribution in [-0.2, 0) is 6.42 Å². The monoisotopic (exact) mass is 312 g/mol. The molecule has 1 N–H and O–H groups in total. The molecule has 0 saturated carbocycles. The van der Waals surface area contributed by atoms with Gasteiger partial charge in [-0.25, -0.2) is 4.98 Å². The van der Waals surface area contributed by atoms with Crippen LogP contribution in [0.4, 0.5) is 5.88 Å². The summed E-state index contributed by atoms with van der Waals surface area (Å²) in [4.78, 5) is 6.40. The largest absolute Gasteiger partial charge is 0.424 e. The van der Waals surface area contributed by atoms with Gasteiger partial charge >= 0.3 is 0 Å². The first-order chi connectivity index (χ1) is 11.0. The number of nitriles is 1. The molecule has 0 spiro atoms. The van der Waals surface area contributed by atoms with Crippen LogP contribution < -0.4 is 5.32 Å². The molecule has 0 aliphatic carbocycles. The van der Waals surface area contributed by atoms with Crippen molar-refractivity contribution >= 4 is 5.88 Å². The molecule has 0 bridgehead atoms. The van der Waals surface area contributed by atoms with Crippen molar-refractivity contribution in [3.8, 4) is 6.07 Å². The fourth-order valence-electron chi connectivity index (χ4n) is 2.46. The van der Waals surface area contributed by atoms with Gasteiger partial charge in [0, 0.05) is 13.0 Å². The maximum Gasteiger partial charge on any atom is 0.232 e. The van der Waals surface area contributed by atoms with Gasteiger partial charge in [0.15, 0.2) is 5.89 Å². The molecule has 0 radical (unpaired) electrons. The summed E-state index contributed by atoms with van der Waals surface area (Å²) < 4.78 is 5.72. The van der Waals surface area contributed by atoms with E-state index in [9.17, 15) is 5.26 Å². The Morgan fingerprint density at radius 1 is 1.26 bits per heavy atom. The number of oxazole rings is 1. The molecule has 2 aromatic rings. The SMILES string of the molecule is CC(C)Cc1nc(C#N)c(NC[C@@H](c2ccccc2)N(C)C)o1. The molecule has 0 saturated heterocycles. The van der Waals surface area contributed by atoms with Crippen LogP contribution >= 0.6 is 0 Å². The van der Waals surface area contributed by atoms with Crippen molar-refractivity contribution in [3.05, 3.63) is 47.5 Å². The molecule has 23 heavy (non-hydrogen) atoms. The molecule has 1 atom stereocenters. The Kier molecular flexibility index (Phi) is 5.78. The number of nitrogens with zero attached hydrogens (tertiary/aromatic N) is 3. The Bertz CT molecular complexity index is 655. The number of benzene rings is 1. The van der Waals surface area contributed by atoms with E-state index in [0.29, 0.717) is 29.9 Å². The highest BCUT2D eigenvalue weighted by Gasteiger charge is 2.18. The smallest absolute Gasteiger partial charge is 0.232 e. The van der Waals surface area contributed by atoms with Crippen molar-refractivity contribution in [2.24, 2.45) is 5.92 Å². The Morgan fingerprint density at radius 2 is 1.96 bits per heavy atom. The van der Waals surface area contributed by atoms with E-state index in [1.54, 1.807) is 0 Å². The summed E-state index contributed by atoms with van der Waals surface area (Å²) in [5.41, 5.74) is 1.54. The summed E-state index contributed by atoms with van der Waals surface area (Å²) in [6, 6.07) is 12.5. The summed E-state index contributed by atoms with van der Waals surface area (Å²) in [7, 11) is 4.07. The molecule has 0 unspecified atom stereocenters. The zero-order valence-corrected chi connectivity index (χ0v) is 14.2. The van der Waals surface area contributed by atoms with Crippen molar-refractivity contribution < 1.29 is 4.42 Å². The Labute approximate surface area is 137 Å². The van der Waals surface area contributed by atoms with Crippen molar-refractivity contribution in [2.75, 3.05) is 26.0 Å². The Morgan fingerprint density at radius 3 is 2.52 bits per heavy atom. The van der Waals surface area contributed by atoms with Crippen LogP contribution in [-0.4, -0.2) is 30.5 Å². The number of aromatic nitrogens is 1. The number of hydrogen-bond acceptors (Lipinski definition) is 5. The number of likely N-dealkylation sites (N-methyl/N-ethyl adjacent to an activating group) is 1. The second-order valence-corrected chi connectivity index (χ2v) is 6.27. The second kappa shape index (κ2) is 7.80. The van der Waals surface area contributed by atoms with Gasteiger partial charge in [0.1, 0.15) is 6.07 Å². The third kappa shape index (κ3) is 4.57. The minimum absolute atomic E-state index is 0.182. The molecule has 5 nitrogen and oxygen atoms in total. The van der Waals surface area contributed by atoms with Crippen molar-refractivity contribution in [1.82, 2.24) is 9.88 Å². The number of rotatable bonds is 7. The molecule has 2 rings (SSSR count). The van der Waals surface area contributed by atoms with E-state index in [4.69, 9.17) is 4.42 Å². The molecule has 1 heterocycles. The van der Waals surface area contributed by atoms with E-state index in [2.05, 4.69) is 47.3 Å². The summed E-state index contributed by atoms with van der Waals surface area (Å²) in [5.74, 6) is 1.51. The molecule has 1 aromatic carbocycles. The standard InChI is InChI=1S/C18H24N4O/c1-13(2)10-17-21-15(11-19)18(23-17)20-12-16(22(3)4)14-8-6-5-7-9-14/h5-9,13,16,20H,10,12H2,1-4H3/t16-/m0/s1. The highest BCUT2D eigenvalue weighted by molar-refractivity contribution is 5.45. The molecule has 1 aromatic heterocycles.